The van der Waals surface area contributed by atoms with E-state index in [1.165, 1.54) is 64.2 Å². The molecule has 0 radical (unpaired) electrons. The fourth-order valence-electron chi connectivity index (χ4n) is 2.37. The lowest BCUT2D eigenvalue weighted by Crippen LogP contribution is -2.09. The first-order chi connectivity index (χ1) is 9.66. The zero-order chi connectivity index (χ0) is 15.1. The molecule has 0 aliphatic rings. The molecule has 0 heterocycles. The summed E-state index contributed by atoms with van der Waals surface area (Å²) < 4.78 is 20.6. The molecular weight excluding hydrogens is 272 g/mol. The van der Waals surface area contributed by atoms with Gasteiger partial charge in [0, 0.05) is 6.42 Å². The minimum Gasteiger partial charge on any atom is -0.772 e. The molecule has 1 atom stereocenters. The van der Waals surface area contributed by atoms with Crippen LogP contribution < -0.4 is 0 Å². The Balaban J connectivity index is 3.09. The maximum atomic E-state index is 11.1. The summed E-state index contributed by atoms with van der Waals surface area (Å²) in [4.78, 5) is 11.1. The van der Waals surface area contributed by atoms with Gasteiger partial charge in [0.25, 0.3) is 0 Å². The molecule has 4 heteroatoms. The number of hydrogen-bond acceptors (Lipinski definition) is 3. The zero-order valence-electron chi connectivity index (χ0n) is 13.0. The van der Waals surface area contributed by atoms with Gasteiger partial charge in [-0.2, -0.15) is 0 Å². The van der Waals surface area contributed by atoms with Crippen LogP contribution in [0.5, 0.6) is 0 Å². The van der Waals surface area contributed by atoms with Crippen molar-refractivity contribution in [3.63, 3.8) is 0 Å². The largest absolute Gasteiger partial charge is 0.772 e. The molecule has 120 valence electrons. The van der Waals surface area contributed by atoms with Gasteiger partial charge in [0.2, 0.25) is 0 Å². The fraction of sp³-hybridized carbons (Fsp3) is 0.938. The summed E-state index contributed by atoms with van der Waals surface area (Å²) in [6.07, 6.45) is 15.6. The Hall–Kier alpha value is -0.220. The molecule has 0 rings (SSSR count). The van der Waals surface area contributed by atoms with Crippen LogP contribution in [0.15, 0.2) is 0 Å². The summed E-state index contributed by atoms with van der Waals surface area (Å²) in [5, 5.41) is 0. The third-order valence-corrected chi connectivity index (χ3v) is 4.15. The molecule has 0 amide bonds. The van der Waals surface area contributed by atoms with Crippen molar-refractivity contribution >= 4 is 16.9 Å². The van der Waals surface area contributed by atoms with Gasteiger partial charge in [0.1, 0.15) is 5.78 Å². The van der Waals surface area contributed by atoms with E-state index in [4.69, 9.17) is 0 Å². The molecule has 0 saturated heterocycles. The lowest BCUT2D eigenvalue weighted by molar-refractivity contribution is -0.116. The van der Waals surface area contributed by atoms with Crippen LogP contribution in [0.25, 0.3) is 0 Å². The summed E-state index contributed by atoms with van der Waals surface area (Å²) in [6, 6.07) is 0. The molecule has 0 aromatic rings. The molecule has 0 N–H and O–H groups in total. The predicted octanol–water partition coefficient (Wildman–Crippen LogP) is 4.53. The second-order valence-electron chi connectivity index (χ2n) is 5.63. The first-order valence-electron chi connectivity index (χ1n) is 8.24. The van der Waals surface area contributed by atoms with Crippen LogP contribution in [-0.4, -0.2) is 20.3 Å². The monoisotopic (exact) mass is 303 g/mol. The third kappa shape index (κ3) is 15.8. The quantitative estimate of drug-likeness (QED) is 0.330. The van der Waals surface area contributed by atoms with Crippen LogP contribution in [0.2, 0.25) is 0 Å². The van der Waals surface area contributed by atoms with E-state index in [1.807, 2.05) is 0 Å². The summed E-state index contributed by atoms with van der Waals surface area (Å²) in [5.74, 6) is -0.455. The molecule has 0 saturated carbocycles. The van der Waals surface area contributed by atoms with E-state index >= 15 is 0 Å². The van der Waals surface area contributed by atoms with Gasteiger partial charge in [-0.15, -0.1) is 0 Å². The highest BCUT2D eigenvalue weighted by atomic mass is 32.2. The molecule has 1 unspecified atom stereocenters. The van der Waals surface area contributed by atoms with E-state index in [-0.39, 0.29) is 11.5 Å². The lowest BCUT2D eigenvalue weighted by Gasteiger charge is -2.04. The highest BCUT2D eigenvalue weighted by Gasteiger charge is 2.01. The second kappa shape index (κ2) is 15.2. The Morgan fingerprint density at radius 2 is 1.20 bits per heavy atom. The average Bonchev–Trinajstić information content (AvgIpc) is 2.39. The second-order valence-corrected chi connectivity index (χ2v) is 6.52. The Bertz CT molecular complexity index is 254. The first-order valence-corrected chi connectivity index (χ1v) is 9.48. The summed E-state index contributed by atoms with van der Waals surface area (Å²) in [6.45, 7) is 2.24. The van der Waals surface area contributed by atoms with Crippen LogP contribution in [-0.2, 0) is 15.9 Å². The smallest absolute Gasteiger partial charge is 0.144 e. The van der Waals surface area contributed by atoms with Gasteiger partial charge in [0.05, 0.1) is 5.75 Å². The number of unbranched alkanes of at least 4 members (excludes halogenated alkanes) is 11. The number of carbonyl (C=O) groups is 1. The van der Waals surface area contributed by atoms with Crippen molar-refractivity contribution in [2.24, 2.45) is 0 Å². The van der Waals surface area contributed by atoms with E-state index in [0.717, 1.165) is 12.8 Å². The number of hydrogen-bond donors (Lipinski definition) is 0. The number of carbonyl (C=O) groups excluding carboxylic acids is 1. The van der Waals surface area contributed by atoms with Crippen molar-refractivity contribution in [2.75, 3.05) is 5.75 Å². The maximum absolute atomic E-state index is 11.1. The minimum atomic E-state index is -2.21. The first kappa shape index (κ1) is 19.8. The van der Waals surface area contributed by atoms with Gasteiger partial charge < -0.3 is 4.55 Å². The standard InChI is InChI=1S/C16H32O3S/c1-2-3-4-5-6-7-8-9-10-11-12-13-14-16(17)15-20(18)19/h2-15H2,1H3,(H,18,19)/p-1. The Morgan fingerprint density at radius 1 is 0.800 bits per heavy atom. The SMILES string of the molecule is CCCCCCCCCCCCCCC(=O)CS(=O)[O-]. The van der Waals surface area contributed by atoms with Crippen molar-refractivity contribution in [2.45, 2.75) is 90.4 Å². The molecular formula is C16H31O3S-. The van der Waals surface area contributed by atoms with Crippen molar-refractivity contribution in [1.29, 1.82) is 0 Å². The Labute approximate surface area is 127 Å². The molecule has 0 spiro atoms. The van der Waals surface area contributed by atoms with Crippen LogP contribution in [0.3, 0.4) is 0 Å². The van der Waals surface area contributed by atoms with E-state index in [2.05, 4.69) is 6.92 Å². The number of rotatable bonds is 15. The number of ketones is 1. The highest BCUT2D eigenvalue weighted by Crippen LogP contribution is 2.12. The molecule has 0 fully saturated rings. The minimum absolute atomic E-state index is 0.148. The van der Waals surface area contributed by atoms with Gasteiger partial charge >= 0.3 is 0 Å². The van der Waals surface area contributed by atoms with Gasteiger partial charge in [0.15, 0.2) is 0 Å². The summed E-state index contributed by atoms with van der Waals surface area (Å²) in [7, 11) is 0. The molecule has 0 aliphatic carbocycles. The average molecular weight is 303 g/mol. The third-order valence-electron chi connectivity index (χ3n) is 3.59. The summed E-state index contributed by atoms with van der Waals surface area (Å²) >= 11 is -2.21. The normalized spacial score (nSPS) is 12.5. The Morgan fingerprint density at radius 3 is 1.60 bits per heavy atom. The van der Waals surface area contributed by atoms with E-state index in [9.17, 15) is 13.6 Å². The van der Waals surface area contributed by atoms with Gasteiger partial charge in [-0.05, 0) is 17.5 Å². The molecule has 20 heavy (non-hydrogen) atoms. The fourth-order valence-corrected chi connectivity index (χ4v) is 2.77. The molecule has 0 aromatic carbocycles. The molecule has 0 bridgehead atoms. The van der Waals surface area contributed by atoms with Gasteiger partial charge in [-0.3, -0.25) is 9.00 Å². The predicted molar refractivity (Wildman–Crippen MR) is 84.5 cm³/mol. The zero-order valence-corrected chi connectivity index (χ0v) is 13.8. The highest BCUT2D eigenvalue weighted by molar-refractivity contribution is 7.79. The molecule has 3 nitrogen and oxygen atoms in total. The number of Topliss-reactive ketones (excluding diaryl/α,β-unsaturated/α-hetero) is 1. The van der Waals surface area contributed by atoms with Crippen LogP contribution in [0.1, 0.15) is 90.4 Å². The van der Waals surface area contributed by atoms with Crippen LogP contribution in [0, 0.1) is 0 Å². The topological polar surface area (TPSA) is 57.2 Å². The Kier molecular flexibility index (Phi) is 15.0. The van der Waals surface area contributed by atoms with E-state index in [1.54, 1.807) is 0 Å². The maximum Gasteiger partial charge on any atom is 0.144 e. The van der Waals surface area contributed by atoms with Crippen molar-refractivity contribution in [3.8, 4) is 0 Å². The van der Waals surface area contributed by atoms with Crippen molar-refractivity contribution in [3.05, 3.63) is 0 Å². The molecule has 0 aliphatic heterocycles. The van der Waals surface area contributed by atoms with Crippen molar-refractivity contribution in [1.82, 2.24) is 0 Å². The van der Waals surface area contributed by atoms with Crippen LogP contribution in [0.4, 0.5) is 0 Å². The van der Waals surface area contributed by atoms with Crippen LogP contribution >= 0.6 is 0 Å². The van der Waals surface area contributed by atoms with Gasteiger partial charge in [-0.1, -0.05) is 77.6 Å². The van der Waals surface area contributed by atoms with E-state index in [0.29, 0.717) is 6.42 Å². The lowest BCUT2D eigenvalue weighted by atomic mass is 10.0. The molecule has 0 aromatic heterocycles. The van der Waals surface area contributed by atoms with E-state index < -0.39 is 11.1 Å². The van der Waals surface area contributed by atoms with Crippen molar-refractivity contribution < 1.29 is 13.6 Å². The van der Waals surface area contributed by atoms with Gasteiger partial charge in [-0.25, -0.2) is 0 Å². The summed E-state index contributed by atoms with van der Waals surface area (Å²) in [5.41, 5.74) is 0.